The molecule has 5 heteroatoms. The van der Waals surface area contributed by atoms with E-state index in [0.29, 0.717) is 0 Å². The van der Waals surface area contributed by atoms with Crippen molar-refractivity contribution in [3.8, 4) is 0 Å². The van der Waals surface area contributed by atoms with E-state index in [0.717, 1.165) is 38.0 Å². The van der Waals surface area contributed by atoms with Crippen LogP contribution < -0.4 is 10.2 Å². The molecule has 0 unspecified atom stereocenters. The Morgan fingerprint density at radius 2 is 1.75 bits per heavy atom. The lowest BCUT2D eigenvalue weighted by atomic mass is 10.2. The molecule has 16 heavy (non-hydrogen) atoms. The van der Waals surface area contributed by atoms with Crippen LogP contribution in [-0.4, -0.2) is 36.1 Å². The molecule has 0 radical (unpaired) electrons. The van der Waals surface area contributed by atoms with E-state index in [-0.39, 0.29) is 12.4 Å². The lowest BCUT2D eigenvalue weighted by Gasteiger charge is -2.27. The molecule has 0 spiro atoms. The Hall–Kier alpha value is -0.870. The maximum Gasteiger partial charge on any atom is 0.225 e. The monoisotopic (exact) mass is 240 g/mol. The molecule has 1 N–H and O–H groups in total. The third-order valence-corrected chi connectivity index (χ3v) is 3.11. The number of halogens is 1. The fourth-order valence-corrected chi connectivity index (χ4v) is 1.99. The van der Waals surface area contributed by atoms with Gasteiger partial charge in [-0.3, -0.25) is 0 Å². The minimum atomic E-state index is 0. The highest BCUT2D eigenvalue weighted by Gasteiger charge is 2.24. The van der Waals surface area contributed by atoms with Gasteiger partial charge in [-0.2, -0.15) is 0 Å². The summed E-state index contributed by atoms with van der Waals surface area (Å²) in [7, 11) is 0. The topological polar surface area (TPSA) is 41.1 Å². The highest BCUT2D eigenvalue weighted by Crippen LogP contribution is 2.39. The summed E-state index contributed by atoms with van der Waals surface area (Å²) in [5.74, 6) is 1.64. The smallest absolute Gasteiger partial charge is 0.225 e. The molecule has 1 saturated heterocycles. The molecule has 2 aliphatic rings. The molecule has 0 aromatic carbocycles. The van der Waals surface area contributed by atoms with Crippen molar-refractivity contribution in [2.24, 2.45) is 0 Å². The SMILES string of the molecule is Cl.c1nc(N2CCNCC2)ncc1C1CC1. The first-order chi connectivity index (χ1) is 7.43. The van der Waals surface area contributed by atoms with Crippen LogP contribution in [0.2, 0.25) is 0 Å². The predicted octanol–water partition coefficient (Wildman–Crippen LogP) is 1.19. The van der Waals surface area contributed by atoms with Crippen molar-refractivity contribution in [3.63, 3.8) is 0 Å². The summed E-state index contributed by atoms with van der Waals surface area (Å²) in [4.78, 5) is 11.1. The van der Waals surface area contributed by atoms with Crippen molar-refractivity contribution in [2.45, 2.75) is 18.8 Å². The summed E-state index contributed by atoms with van der Waals surface area (Å²) >= 11 is 0. The van der Waals surface area contributed by atoms with Gasteiger partial charge in [0.2, 0.25) is 5.95 Å². The van der Waals surface area contributed by atoms with Crippen molar-refractivity contribution < 1.29 is 0 Å². The van der Waals surface area contributed by atoms with E-state index in [9.17, 15) is 0 Å². The second-order valence-electron chi connectivity index (χ2n) is 4.33. The Morgan fingerprint density at radius 1 is 1.12 bits per heavy atom. The average Bonchev–Trinajstić information content (AvgIpc) is 3.15. The van der Waals surface area contributed by atoms with Gasteiger partial charge in [0.1, 0.15) is 0 Å². The van der Waals surface area contributed by atoms with Crippen LogP contribution in [0.3, 0.4) is 0 Å². The molecular formula is C11H17ClN4. The first-order valence-electron chi connectivity index (χ1n) is 5.71. The summed E-state index contributed by atoms with van der Waals surface area (Å²) in [6.07, 6.45) is 6.64. The summed E-state index contributed by atoms with van der Waals surface area (Å²) in [6.45, 7) is 4.10. The second kappa shape index (κ2) is 4.97. The number of nitrogens with one attached hydrogen (secondary N) is 1. The Labute approximate surface area is 102 Å². The van der Waals surface area contributed by atoms with E-state index in [4.69, 9.17) is 0 Å². The van der Waals surface area contributed by atoms with E-state index in [1.807, 2.05) is 12.4 Å². The quantitative estimate of drug-likeness (QED) is 0.843. The van der Waals surface area contributed by atoms with Gasteiger partial charge < -0.3 is 10.2 Å². The van der Waals surface area contributed by atoms with Crippen LogP contribution in [0.1, 0.15) is 24.3 Å². The van der Waals surface area contributed by atoms with Gasteiger partial charge in [-0.25, -0.2) is 9.97 Å². The molecule has 1 saturated carbocycles. The molecule has 1 aromatic heterocycles. The largest absolute Gasteiger partial charge is 0.338 e. The average molecular weight is 241 g/mol. The highest BCUT2D eigenvalue weighted by molar-refractivity contribution is 5.85. The van der Waals surface area contributed by atoms with Crippen molar-refractivity contribution in [2.75, 3.05) is 31.1 Å². The number of anilines is 1. The molecule has 4 nitrogen and oxygen atoms in total. The summed E-state index contributed by atoms with van der Waals surface area (Å²) in [6, 6.07) is 0. The normalized spacial score (nSPS) is 20.4. The lowest BCUT2D eigenvalue weighted by Crippen LogP contribution is -2.44. The minimum Gasteiger partial charge on any atom is -0.338 e. The number of piperazine rings is 1. The summed E-state index contributed by atoms with van der Waals surface area (Å²) in [5, 5.41) is 3.33. The maximum absolute atomic E-state index is 4.45. The summed E-state index contributed by atoms with van der Waals surface area (Å²) in [5.41, 5.74) is 1.31. The highest BCUT2D eigenvalue weighted by atomic mass is 35.5. The molecule has 0 bridgehead atoms. The van der Waals surface area contributed by atoms with E-state index in [1.54, 1.807) is 0 Å². The van der Waals surface area contributed by atoms with Crippen molar-refractivity contribution in [3.05, 3.63) is 18.0 Å². The van der Waals surface area contributed by atoms with Gasteiger partial charge in [0.15, 0.2) is 0 Å². The number of aromatic nitrogens is 2. The predicted molar refractivity (Wildman–Crippen MR) is 66.3 cm³/mol. The van der Waals surface area contributed by atoms with Crippen LogP contribution in [0.5, 0.6) is 0 Å². The van der Waals surface area contributed by atoms with E-state index in [2.05, 4.69) is 20.2 Å². The Balaban J connectivity index is 0.000000963. The van der Waals surface area contributed by atoms with E-state index >= 15 is 0 Å². The third-order valence-electron chi connectivity index (χ3n) is 3.11. The van der Waals surface area contributed by atoms with Gasteiger partial charge in [0.25, 0.3) is 0 Å². The van der Waals surface area contributed by atoms with Crippen molar-refractivity contribution >= 4 is 18.4 Å². The second-order valence-corrected chi connectivity index (χ2v) is 4.33. The molecule has 1 aliphatic heterocycles. The summed E-state index contributed by atoms with van der Waals surface area (Å²) < 4.78 is 0. The molecule has 1 aromatic rings. The molecule has 88 valence electrons. The fourth-order valence-electron chi connectivity index (χ4n) is 1.99. The standard InChI is InChI=1S/C11H16N4.ClH/c1-2-9(1)10-7-13-11(14-8-10)15-5-3-12-4-6-15;/h7-9,12H,1-6H2;1H. The zero-order chi connectivity index (χ0) is 10.1. The first kappa shape index (κ1) is 11.6. The van der Waals surface area contributed by atoms with Gasteiger partial charge >= 0.3 is 0 Å². The van der Waals surface area contributed by atoms with Crippen LogP contribution in [-0.2, 0) is 0 Å². The van der Waals surface area contributed by atoms with Crippen LogP contribution in [0.4, 0.5) is 5.95 Å². The molecule has 0 atom stereocenters. The number of rotatable bonds is 2. The van der Waals surface area contributed by atoms with E-state index in [1.165, 1.54) is 18.4 Å². The molecule has 3 rings (SSSR count). The maximum atomic E-state index is 4.45. The van der Waals surface area contributed by atoms with Crippen LogP contribution in [0.25, 0.3) is 0 Å². The Morgan fingerprint density at radius 3 is 2.31 bits per heavy atom. The molecule has 1 aliphatic carbocycles. The number of hydrogen-bond donors (Lipinski definition) is 1. The van der Waals surface area contributed by atoms with Gasteiger partial charge in [0.05, 0.1) is 0 Å². The fraction of sp³-hybridized carbons (Fsp3) is 0.636. The molecule has 2 heterocycles. The van der Waals surface area contributed by atoms with Crippen LogP contribution in [0.15, 0.2) is 12.4 Å². The first-order valence-corrected chi connectivity index (χ1v) is 5.71. The van der Waals surface area contributed by atoms with Crippen molar-refractivity contribution in [1.82, 2.24) is 15.3 Å². The molecule has 2 fully saturated rings. The zero-order valence-electron chi connectivity index (χ0n) is 9.22. The van der Waals surface area contributed by atoms with E-state index < -0.39 is 0 Å². The van der Waals surface area contributed by atoms with Gasteiger partial charge in [-0.05, 0) is 24.3 Å². The van der Waals surface area contributed by atoms with Crippen molar-refractivity contribution in [1.29, 1.82) is 0 Å². The Bertz CT molecular complexity index is 330. The van der Waals surface area contributed by atoms with Gasteiger partial charge in [-0.15, -0.1) is 12.4 Å². The zero-order valence-corrected chi connectivity index (χ0v) is 10.0. The number of hydrogen-bond acceptors (Lipinski definition) is 4. The minimum absolute atomic E-state index is 0. The molecular weight excluding hydrogens is 224 g/mol. The molecule has 0 amide bonds. The van der Waals surface area contributed by atoms with Crippen LogP contribution in [0, 0.1) is 0 Å². The van der Waals surface area contributed by atoms with Crippen LogP contribution >= 0.6 is 12.4 Å². The van der Waals surface area contributed by atoms with Gasteiger partial charge in [-0.1, -0.05) is 0 Å². The van der Waals surface area contributed by atoms with Gasteiger partial charge in [0, 0.05) is 38.6 Å². The lowest BCUT2D eigenvalue weighted by molar-refractivity contribution is 0.579. The number of nitrogens with zero attached hydrogens (tertiary/aromatic N) is 3. The third kappa shape index (κ3) is 2.44. The Kier molecular flexibility index (Phi) is 3.61.